The van der Waals surface area contributed by atoms with E-state index in [4.69, 9.17) is 109 Å². The van der Waals surface area contributed by atoms with Crippen molar-refractivity contribution in [2.45, 2.75) is 410 Å². The Bertz CT molecular complexity index is 4110. The maximum Gasteiger partial charge on any atom is 0.217 e. The van der Waals surface area contributed by atoms with Crippen molar-refractivity contribution < 1.29 is 296 Å². The van der Waals surface area contributed by atoms with E-state index in [2.05, 4.69) is 26.6 Å². The van der Waals surface area contributed by atoms with Crippen LogP contribution in [-0.2, 0) is 133 Å². The van der Waals surface area contributed by atoms with E-state index in [0.29, 0.717) is 0 Å². The number of carbonyl (C=O) groups excluding carboxylic acids is 5. The number of aliphatic hydroxyl groups excluding tert-OH is 32. The molecule has 12 saturated heterocycles. The molecular formula is C82H137N5O60. The van der Waals surface area contributed by atoms with Crippen LogP contribution in [0, 0.1) is 0 Å². The Balaban J connectivity index is 0.921. The minimum Gasteiger partial charge on any atom is -0.394 e. The third-order valence-corrected chi connectivity index (χ3v) is 27.0. The van der Waals surface area contributed by atoms with Crippen LogP contribution < -0.4 is 26.6 Å². The lowest BCUT2D eigenvalue weighted by atomic mass is 9.93. The maximum atomic E-state index is 13.5. The van der Waals surface area contributed by atoms with Crippen LogP contribution in [0.15, 0.2) is 0 Å². The van der Waals surface area contributed by atoms with Crippen LogP contribution in [0.1, 0.15) is 41.5 Å². The van der Waals surface area contributed by atoms with E-state index in [1.165, 1.54) is 6.92 Å². The minimum atomic E-state index is -2.75. The zero-order valence-corrected chi connectivity index (χ0v) is 79.2. The van der Waals surface area contributed by atoms with E-state index in [0.717, 1.165) is 34.6 Å². The molecule has 5 amide bonds. The third-order valence-electron chi connectivity index (χ3n) is 27.0. The van der Waals surface area contributed by atoms with Crippen molar-refractivity contribution in [2.75, 3.05) is 72.7 Å². The van der Waals surface area contributed by atoms with Gasteiger partial charge in [0, 0.05) is 34.6 Å². The second-order valence-corrected chi connectivity index (χ2v) is 37.3. The molecule has 65 heteroatoms. The average molecular weight is 2150 g/mol. The molecule has 0 aromatic carbocycles. The first-order valence-corrected chi connectivity index (χ1v) is 47.0. The fraction of sp³-hybridized carbons (Fsp3) is 0.939. The van der Waals surface area contributed by atoms with Crippen molar-refractivity contribution in [3.05, 3.63) is 0 Å². The van der Waals surface area contributed by atoms with Gasteiger partial charge in [-0.1, -0.05) is 0 Å². The van der Waals surface area contributed by atoms with Gasteiger partial charge in [0.1, 0.15) is 287 Å². The quantitative estimate of drug-likeness (QED) is 0.0273. The summed E-state index contributed by atoms with van der Waals surface area (Å²) in [6.07, 6.45) is -119. The van der Waals surface area contributed by atoms with Crippen LogP contribution in [0.5, 0.6) is 0 Å². The molecule has 12 rings (SSSR count). The molecule has 0 saturated carbocycles. The fourth-order valence-electron chi connectivity index (χ4n) is 19.2. The molecule has 0 aromatic rings. The zero-order valence-electron chi connectivity index (χ0n) is 79.2. The highest BCUT2D eigenvalue weighted by Gasteiger charge is 2.64. The highest BCUT2D eigenvalue weighted by Crippen LogP contribution is 2.43. The molecule has 12 aliphatic heterocycles. The highest BCUT2D eigenvalue weighted by molar-refractivity contribution is 5.75. The summed E-state index contributed by atoms with van der Waals surface area (Å²) in [6.45, 7) is -7.26. The molecule has 65 nitrogen and oxygen atoms in total. The number of hydrogen-bond donors (Lipinski definition) is 37. The molecule has 37 N–H and O–H groups in total. The molecular weight excluding hydrogens is 2010 g/mol. The van der Waals surface area contributed by atoms with Crippen LogP contribution in [0.25, 0.3) is 0 Å². The molecule has 0 bridgehead atoms. The summed E-state index contributed by atoms with van der Waals surface area (Å²) >= 11 is 0. The summed E-state index contributed by atoms with van der Waals surface area (Å²) in [6, 6.07) is -10.1. The third kappa shape index (κ3) is 26.8. The van der Waals surface area contributed by atoms with E-state index in [1.54, 1.807) is 0 Å². The van der Waals surface area contributed by atoms with Gasteiger partial charge < -0.3 is 299 Å². The first-order chi connectivity index (χ1) is 69.5. The number of hydrogen-bond acceptors (Lipinski definition) is 60. The van der Waals surface area contributed by atoms with Crippen LogP contribution >= 0.6 is 0 Å². The molecule has 1 unspecified atom stereocenters. The van der Waals surface area contributed by atoms with Gasteiger partial charge in [-0.2, -0.15) is 0 Å². The molecule has 850 valence electrons. The van der Waals surface area contributed by atoms with Crippen molar-refractivity contribution in [1.82, 2.24) is 26.6 Å². The van der Waals surface area contributed by atoms with Crippen molar-refractivity contribution in [3.63, 3.8) is 0 Å². The molecule has 12 fully saturated rings. The number of carbonyl (C=O) groups is 5. The lowest BCUT2D eigenvalue weighted by Crippen LogP contribution is -2.71. The Kier molecular flexibility index (Phi) is 43.4. The van der Waals surface area contributed by atoms with Gasteiger partial charge in [-0.25, -0.2) is 0 Å². The van der Waals surface area contributed by atoms with E-state index in [9.17, 15) is 187 Å². The largest absolute Gasteiger partial charge is 0.394 e. The van der Waals surface area contributed by atoms with Crippen LogP contribution in [0.4, 0.5) is 0 Å². The summed E-state index contributed by atoms with van der Waals surface area (Å²) in [5.74, 6) is -5.03. The lowest BCUT2D eigenvalue weighted by Gasteiger charge is -2.51. The molecule has 0 radical (unpaired) electrons. The molecule has 147 heavy (non-hydrogen) atoms. The van der Waals surface area contributed by atoms with E-state index in [1.807, 2.05) is 0 Å². The predicted molar refractivity (Wildman–Crippen MR) is 452 cm³/mol. The summed E-state index contributed by atoms with van der Waals surface area (Å²) in [7, 11) is 0. The van der Waals surface area contributed by atoms with Crippen molar-refractivity contribution >= 4 is 29.5 Å². The predicted octanol–water partition coefficient (Wildman–Crippen LogP) is -25.4. The van der Waals surface area contributed by atoms with Gasteiger partial charge in [0.25, 0.3) is 0 Å². The van der Waals surface area contributed by atoms with Crippen LogP contribution in [-0.4, -0.2) is 634 Å². The van der Waals surface area contributed by atoms with Gasteiger partial charge in [-0.05, 0) is 6.92 Å². The molecule has 0 aromatic heterocycles. The Morgan fingerprint density at radius 3 is 0.762 bits per heavy atom. The summed E-state index contributed by atoms with van der Waals surface area (Å²) < 4.78 is 139. The normalized spacial score (nSPS) is 49.6. The molecule has 0 aliphatic carbocycles. The van der Waals surface area contributed by atoms with E-state index >= 15 is 0 Å². The van der Waals surface area contributed by atoms with Gasteiger partial charge in [0.05, 0.1) is 78.8 Å². The topological polar surface area (TPSA) is 1010 Å². The number of nitrogens with one attached hydrogen (secondary N) is 5. The standard InChI is InChI=1S/C82H137N5O60/c1-18-40(102)51(113)56(118)76(127-18)125-17-34-67(46(108)35(71(124)128-34)83-19(2)97)140-73-37(85-21(4)99)48(110)65(31(14-95)134-73)144-80-61(123)68(145-82-69(55(117)44(106)27(10-91)132-82)146-74-38(86-22(5)100)49(111)63(29(12-93)135-74)142-78-58(120)53(115)42(104)25(8-89)130-78)45(107)33(138-80)16-126-81-70(147-75-39(87-23(6)101)50(112)64(30(13-94)136-75)143-79-59(121)54(116)43(105)26(9-90)131-79)60(122)66(32(15-96)137-81)139-72-36(84-20(3)98)47(109)62(28(11-92)133-72)141-77-57(119)52(114)41(103)24(7-88)129-77/h18,24-82,88-96,102-124H,7-17H2,1-6H3,(H,83,97)(H,84,98)(H,85,99)(H,86,100)(H,87,101)/t18-,24+,25+,26+,27+,28+,29+,30+,31+,32+,33+,34+,35+,36+,37+,38+,39+,40+,41-,42-,43-,44+,45+,46+,47+,48+,49+,50+,51+,52-,53-,54-,55-,56-,57+,58+,59-,60-,61-,62+,63+,64+,65+,66+,67+,68-,69-,70-,71?,72-,73-,74-,75-,76+,77-,78-,79-,80-,81-,82+/m0/s1. The summed E-state index contributed by atoms with van der Waals surface area (Å²) in [5.41, 5.74) is 0. The van der Waals surface area contributed by atoms with Gasteiger partial charge >= 0.3 is 0 Å². The van der Waals surface area contributed by atoms with Crippen LogP contribution in [0.2, 0.25) is 0 Å². The van der Waals surface area contributed by atoms with Crippen molar-refractivity contribution in [1.29, 1.82) is 0 Å². The van der Waals surface area contributed by atoms with Gasteiger partial charge in [-0.15, -0.1) is 0 Å². The Morgan fingerprint density at radius 1 is 0.190 bits per heavy atom. The lowest BCUT2D eigenvalue weighted by molar-refractivity contribution is -0.401. The summed E-state index contributed by atoms with van der Waals surface area (Å²) in [5, 5.41) is 374. The Morgan fingerprint density at radius 2 is 0.422 bits per heavy atom. The molecule has 0 spiro atoms. The maximum absolute atomic E-state index is 13.5. The van der Waals surface area contributed by atoms with E-state index < -0.39 is 470 Å². The number of aliphatic hydroxyl groups is 32. The first-order valence-electron chi connectivity index (χ1n) is 47.0. The summed E-state index contributed by atoms with van der Waals surface area (Å²) in [4.78, 5) is 65.9. The van der Waals surface area contributed by atoms with Crippen molar-refractivity contribution in [3.8, 4) is 0 Å². The van der Waals surface area contributed by atoms with Gasteiger partial charge in [0.15, 0.2) is 75.5 Å². The van der Waals surface area contributed by atoms with Crippen LogP contribution in [0.3, 0.4) is 0 Å². The van der Waals surface area contributed by atoms with Gasteiger partial charge in [0.2, 0.25) is 29.5 Å². The molecule has 12 heterocycles. The molecule has 12 aliphatic rings. The second-order valence-electron chi connectivity index (χ2n) is 37.3. The SMILES string of the molecule is CC(=O)N[C@H]1[C@H](O[C@@H]2[C@@H](OC[C@H]3O[C@@H](O[C@H]4[C@H](O)[C@@H](NC(C)=O)[C@H](O[C@H]5[C@H](O)[C@@H](NC(C)=O)C(O)O[C@@H]5CO[C@@H]5O[C@@H](C)[C@@H](O)[C@@H](O)[C@@H]5O)O[C@@H]4CO)[C@@H](O)[C@@H](O[C@H]4O[C@H](CO)[C@@H](O)[C@H](O)[C@@H]4O[C@@H]4O[C@H](CO)[C@@H](O[C@@H]5O[C@H](CO)[C@H](O)[C@H](O)[C@H]5O)[C@H](O)[C@H]4NC(C)=O)[C@@H]3O)O[C@H](CO)[C@@H](O[C@@H]3O[C@H](CO)[C@@H](O[C@@H]4O[C@H](CO)[C@H](O)[C@H](O)[C@H]4O)[C@H](O)[C@H]3NC(C)=O)[C@@H]2O)O[C@H](CO)[C@@H](O[C@@H]2O[C@H](CO)[C@H](O)[C@H](O)[C@@H]2O)[C@@H]1O. The number of ether oxygens (including phenoxy) is 23. The Hall–Kier alpha value is -4.85. The number of amides is 5. The second kappa shape index (κ2) is 52.8. The monoisotopic (exact) mass is 2150 g/mol. The van der Waals surface area contributed by atoms with E-state index in [-0.39, 0.29) is 0 Å². The molecule has 60 atom stereocenters. The first kappa shape index (κ1) is 121. The zero-order chi connectivity index (χ0) is 108. The van der Waals surface area contributed by atoms with Gasteiger partial charge in [-0.3, -0.25) is 24.0 Å². The number of rotatable bonds is 38. The highest BCUT2D eigenvalue weighted by atomic mass is 16.8. The van der Waals surface area contributed by atoms with Crippen molar-refractivity contribution in [2.24, 2.45) is 0 Å². The fourth-order valence-corrected chi connectivity index (χ4v) is 19.2. The minimum absolute atomic E-state index is 0.873. The average Bonchev–Trinajstić information content (AvgIpc) is 0.765. The smallest absolute Gasteiger partial charge is 0.217 e. The Labute approximate surface area is 832 Å².